The molecule has 0 aromatic heterocycles. The zero-order chi connectivity index (χ0) is 9.84. The van der Waals surface area contributed by atoms with E-state index in [4.69, 9.17) is 11.6 Å². The van der Waals surface area contributed by atoms with Gasteiger partial charge in [-0.05, 0) is 12.1 Å². The molecule has 0 aliphatic rings. The van der Waals surface area contributed by atoms with Crippen molar-refractivity contribution < 1.29 is 14.7 Å². The lowest BCUT2D eigenvalue weighted by Crippen LogP contribution is -1.91. The van der Waals surface area contributed by atoms with Crippen LogP contribution in [0.5, 0.6) is 5.75 Å². The summed E-state index contributed by atoms with van der Waals surface area (Å²) in [5, 5.41) is 9.38. The van der Waals surface area contributed by atoms with Crippen LogP contribution in [0.1, 0.15) is 26.3 Å². The second-order valence-electron chi connectivity index (χ2n) is 2.49. The molecule has 3 nitrogen and oxygen atoms in total. The molecule has 0 aliphatic heterocycles. The van der Waals surface area contributed by atoms with Gasteiger partial charge in [-0.3, -0.25) is 9.59 Å². The van der Waals surface area contributed by atoms with Crippen molar-refractivity contribution in [3.05, 3.63) is 28.8 Å². The minimum Gasteiger partial charge on any atom is -0.507 e. The Morgan fingerprint density at radius 2 is 2.00 bits per heavy atom. The van der Waals surface area contributed by atoms with Gasteiger partial charge in [-0.1, -0.05) is 0 Å². The predicted molar refractivity (Wildman–Crippen MR) is 48.4 cm³/mol. The Hall–Kier alpha value is -1.35. The van der Waals surface area contributed by atoms with E-state index in [9.17, 15) is 14.7 Å². The predicted octanol–water partition coefficient (Wildman–Crippen LogP) is 1.76. The highest BCUT2D eigenvalue weighted by molar-refractivity contribution is 6.17. The smallest absolute Gasteiger partial charge is 0.153 e. The maximum Gasteiger partial charge on any atom is 0.153 e. The van der Waals surface area contributed by atoms with Crippen molar-refractivity contribution in [1.82, 2.24) is 0 Å². The number of phenolic OH excluding ortho intramolecular Hbond substituents is 1. The maximum absolute atomic E-state index is 10.4. The molecule has 0 atom stereocenters. The topological polar surface area (TPSA) is 54.4 Å². The molecular weight excluding hydrogens is 192 g/mol. The lowest BCUT2D eigenvalue weighted by atomic mass is 10.1. The van der Waals surface area contributed by atoms with Gasteiger partial charge in [-0.25, -0.2) is 0 Å². The van der Waals surface area contributed by atoms with Crippen LogP contribution in [-0.4, -0.2) is 17.7 Å². The van der Waals surface area contributed by atoms with Gasteiger partial charge in [0.1, 0.15) is 12.0 Å². The second-order valence-corrected chi connectivity index (χ2v) is 2.75. The van der Waals surface area contributed by atoms with Gasteiger partial charge in [-0.2, -0.15) is 0 Å². The van der Waals surface area contributed by atoms with Crippen molar-refractivity contribution >= 4 is 24.2 Å². The third-order valence-corrected chi connectivity index (χ3v) is 1.94. The lowest BCUT2D eigenvalue weighted by molar-refractivity contribution is 0.112. The van der Waals surface area contributed by atoms with Crippen molar-refractivity contribution in [2.24, 2.45) is 0 Å². The normalized spacial score (nSPS) is 9.62. The standard InChI is InChI=1S/C9H7ClO3/c10-3-7-1-6(4-11)2-8(5-12)9(7)13/h1-2,4-5,13H,3H2. The first kappa shape index (κ1) is 9.74. The van der Waals surface area contributed by atoms with Crippen LogP contribution in [0.4, 0.5) is 0 Å². The minimum atomic E-state index is -0.157. The van der Waals surface area contributed by atoms with Gasteiger partial charge >= 0.3 is 0 Å². The summed E-state index contributed by atoms with van der Waals surface area (Å²) >= 11 is 5.50. The van der Waals surface area contributed by atoms with Crippen LogP contribution in [-0.2, 0) is 5.88 Å². The van der Waals surface area contributed by atoms with Crippen molar-refractivity contribution in [1.29, 1.82) is 0 Å². The van der Waals surface area contributed by atoms with E-state index in [0.717, 1.165) is 0 Å². The van der Waals surface area contributed by atoms with Crippen molar-refractivity contribution in [3.8, 4) is 5.75 Å². The van der Waals surface area contributed by atoms with Crippen LogP contribution in [0.25, 0.3) is 0 Å². The average Bonchev–Trinajstić information content (AvgIpc) is 2.18. The van der Waals surface area contributed by atoms with Crippen LogP contribution < -0.4 is 0 Å². The lowest BCUT2D eigenvalue weighted by Gasteiger charge is -2.03. The first-order valence-electron chi connectivity index (χ1n) is 3.55. The van der Waals surface area contributed by atoms with E-state index in [0.29, 0.717) is 23.7 Å². The molecule has 0 aliphatic carbocycles. The molecule has 13 heavy (non-hydrogen) atoms. The number of hydrogen-bond donors (Lipinski definition) is 1. The van der Waals surface area contributed by atoms with E-state index in [-0.39, 0.29) is 17.2 Å². The number of alkyl halides is 1. The van der Waals surface area contributed by atoms with Crippen LogP contribution in [0.15, 0.2) is 12.1 Å². The van der Waals surface area contributed by atoms with Gasteiger partial charge in [0.25, 0.3) is 0 Å². The monoisotopic (exact) mass is 198 g/mol. The summed E-state index contributed by atoms with van der Waals surface area (Å²) < 4.78 is 0. The highest BCUT2D eigenvalue weighted by Crippen LogP contribution is 2.24. The van der Waals surface area contributed by atoms with E-state index < -0.39 is 0 Å². The fourth-order valence-electron chi connectivity index (χ4n) is 1.00. The quantitative estimate of drug-likeness (QED) is 0.595. The highest BCUT2D eigenvalue weighted by Gasteiger charge is 2.07. The fourth-order valence-corrected chi connectivity index (χ4v) is 1.21. The molecule has 0 radical (unpaired) electrons. The van der Waals surface area contributed by atoms with Crippen molar-refractivity contribution in [2.75, 3.05) is 0 Å². The van der Waals surface area contributed by atoms with E-state index in [2.05, 4.69) is 0 Å². The zero-order valence-electron chi connectivity index (χ0n) is 6.66. The summed E-state index contributed by atoms with van der Waals surface area (Å²) in [5.74, 6) is -0.0930. The molecule has 1 N–H and O–H groups in total. The molecular formula is C9H7ClO3. The molecule has 0 saturated heterocycles. The van der Waals surface area contributed by atoms with Crippen LogP contribution in [0.2, 0.25) is 0 Å². The number of rotatable bonds is 3. The SMILES string of the molecule is O=Cc1cc(C=O)c(O)c(CCl)c1. The zero-order valence-corrected chi connectivity index (χ0v) is 7.41. The number of hydrogen-bond acceptors (Lipinski definition) is 3. The molecule has 0 bridgehead atoms. The summed E-state index contributed by atoms with van der Waals surface area (Å²) in [6.45, 7) is 0. The third kappa shape index (κ3) is 1.87. The Balaban J connectivity index is 3.36. The Bertz CT molecular complexity index is 347. The van der Waals surface area contributed by atoms with E-state index >= 15 is 0 Å². The van der Waals surface area contributed by atoms with E-state index in [1.54, 1.807) is 0 Å². The van der Waals surface area contributed by atoms with Crippen molar-refractivity contribution in [2.45, 2.75) is 5.88 Å². The molecule has 0 amide bonds. The molecule has 4 heteroatoms. The first-order valence-corrected chi connectivity index (χ1v) is 4.08. The van der Waals surface area contributed by atoms with Crippen LogP contribution in [0.3, 0.4) is 0 Å². The summed E-state index contributed by atoms with van der Waals surface area (Å²) in [6, 6.07) is 2.76. The minimum absolute atomic E-state index is 0.0638. The van der Waals surface area contributed by atoms with E-state index in [1.165, 1.54) is 12.1 Å². The molecule has 0 spiro atoms. The molecule has 1 aromatic carbocycles. The molecule has 0 unspecified atom stereocenters. The summed E-state index contributed by atoms with van der Waals surface area (Å²) in [5.41, 5.74) is 0.796. The molecule has 68 valence electrons. The average molecular weight is 199 g/mol. The number of phenols is 1. The Kier molecular flexibility index (Phi) is 3.03. The number of aldehydes is 2. The summed E-state index contributed by atoms with van der Waals surface area (Å²) in [7, 11) is 0. The highest BCUT2D eigenvalue weighted by atomic mass is 35.5. The maximum atomic E-state index is 10.4. The van der Waals surface area contributed by atoms with Gasteiger partial charge in [0, 0.05) is 11.1 Å². The third-order valence-electron chi connectivity index (χ3n) is 1.65. The summed E-state index contributed by atoms with van der Waals surface area (Å²) in [6.07, 6.45) is 1.08. The second kappa shape index (κ2) is 4.05. The largest absolute Gasteiger partial charge is 0.507 e. The molecule has 1 rings (SSSR count). The molecule has 0 heterocycles. The van der Waals surface area contributed by atoms with Gasteiger partial charge < -0.3 is 5.11 Å². The van der Waals surface area contributed by atoms with Crippen LogP contribution >= 0.6 is 11.6 Å². The number of halogens is 1. The Labute approximate surface area is 79.9 Å². The number of benzene rings is 1. The van der Waals surface area contributed by atoms with Gasteiger partial charge in [0.2, 0.25) is 0 Å². The van der Waals surface area contributed by atoms with Crippen molar-refractivity contribution in [3.63, 3.8) is 0 Å². The van der Waals surface area contributed by atoms with E-state index in [1.807, 2.05) is 0 Å². The van der Waals surface area contributed by atoms with Crippen LogP contribution in [0, 0.1) is 0 Å². The fraction of sp³-hybridized carbons (Fsp3) is 0.111. The summed E-state index contributed by atoms with van der Waals surface area (Å²) in [4.78, 5) is 20.9. The van der Waals surface area contributed by atoms with Gasteiger partial charge in [-0.15, -0.1) is 11.6 Å². The Morgan fingerprint density at radius 1 is 1.31 bits per heavy atom. The molecule has 0 saturated carbocycles. The number of carbonyl (C=O) groups excluding carboxylic acids is 2. The van der Waals surface area contributed by atoms with Gasteiger partial charge in [0.05, 0.1) is 11.4 Å². The van der Waals surface area contributed by atoms with Gasteiger partial charge in [0.15, 0.2) is 6.29 Å². The first-order chi connectivity index (χ1) is 6.22. The molecule has 1 aromatic rings. The molecule has 0 fully saturated rings. The Morgan fingerprint density at radius 3 is 2.46 bits per heavy atom. The number of aromatic hydroxyl groups is 1. The number of carbonyl (C=O) groups is 2.